The lowest BCUT2D eigenvalue weighted by Gasteiger charge is -2.23. The second-order valence-corrected chi connectivity index (χ2v) is 8.10. The van der Waals surface area contributed by atoms with E-state index in [1.807, 2.05) is 0 Å². The predicted molar refractivity (Wildman–Crippen MR) is 103 cm³/mol. The Morgan fingerprint density at radius 3 is 2.68 bits per heavy atom. The van der Waals surface area contributed by atoms with Crippen molar-refractivity contribution in [3.8, 4) is 5.75 Å². The van der Waals surface area contributed by atoms with E-state index >= 15 is 0 Å². The second kappa shape index (κ2) is 10.1. The van der Waals surface area contributed by atoms with Gasteiger partial charge >= 0.3 is 0 Å². The first-order valence-electron chi connectivity index (χ1n) is 9.83. The van der Waals surface area contributed by atoms with E-state index in [4.69, 9.17) is 4.74 Å². The number of ether oxygens (including phenoxy) is 1. The van der Waals surface area contributed by atoms with Gasteiger partial charge in [-0.05, 0) is 62.5 Å². The highest BCUT2D eigenvalue weighted by Gasteiger charge is 2.19. The number of unbranched alkanes of at least 4 members (excludes halogenated alkanes) is 3. The third-order valence-corrected chi connectivity index (χ3v) is 4.81. The molecule has 1 N–H and O–H groups in total. The summed E-state index contributed by atoms with van der Waals surface area (Å²) in [5.41, 5.74) is 0.835. The number of nitrogens with one attached hydrogen (secondary N) is 1. The maximum Gasteiger partial charge on any atom is 0.123 e. The lowest BCUT2D eigenvalue weighted by molar-refractivity contribution is 0.275. The van der Waals surface area contributed by atoms with E-state index in [9.17, 15) is 4.39 Å². The Morgan fingerprint density at radius 2 is 1.88 bits per heavy atom. The van der Waals surface area contributed by atoms with Crippen LogP contribution in [0, 0.1) is 5.82 Å². The van der Waals surface area contributed by atoms with Crippen LogP contribution in [-0.2, 0) is 5.41 Å². The van der Waals surface area contributed by atoms with E-state index in [1.54, 1.807) is 12.1 Å². The molecular formula is C21H35FN2O. The summed E-state index contributed by atoms with van der Waals surface area (Å²) in [7, 11) is 0. The van der Waals surface area contributed by atoms with Gasteiger partial charge in [0.25, 0.3) is 0 Å². The summed E-state index contributed by atoms with van der Waals surface area (Å²) >= 11 is 0. The minimum Gasteiger partial charge on any atom is -0.493 e. The molecule has 2 rings (SSSR count). The highest BCUT2D eigenvalue weighted by Crippen LogP contribution is 2.32. The number of hydrogen-bond acceptors (Lipinski definition) is 3. The molecule has 0 spiro atoms. The Bertz CT molecular complexity index is 505. The summed E-state index contributed by atoms with van der Waals surface area (Å²) in [5.74, 6) is 0.631. The maximum atomic E-state index is 13.5. The fourth-order valence-corrected chi connectivity index (χ4v) is 3.31. The Balaban J connectivity index is 1.63. The van der Waals surface area contributed by atoms with Gasteiger partial charge in [0.2, 0.25) is 0 Å². The molecule has 0 aromatic heterocycles. The molecule has 0 saturated carbocycles. The SMILES string of the molecule is CC(C)(C)c1cc(F)ccc1OCCCCCCN1CCCNCC1. The van der Waals surface area contributed by atoms with Gasteiger partial charge in [-0.15, -0.1) is 0 Å². The number of rotatable bonds is 8. The molecule has 1 heterocycles. The standard InChI is InChI=1S/C21H35FN2O/c1-21(2,3)19-17-18(22)9-10-20(19)25-16-7-5-4-6-13-24-14-8-11-23-12-15-24/h9-10,17,23H,4-8,11-16H2,1-3H3. The zero-order valence-corrected chi connectivity index (χ0v) is 16.2. The summed E-state index contributed by atoms with van der Waals surface area (Å²) in [4.78, 5) is 2.57. The molecule has 0 amide bonds. The molecule has 1 saturated heterocycles. The van der Waals surface area contributed by atoms with Crippen molar-refractivity contribution in [1.82, 2.24) is 10.2 Å². The summed E-state index contributed by atoms with van der Waals surface area (Å²) in [6.07, 6.45) is 6.04. The molecule has 25 heavy (non-hydrogen) atoms. The van der Waals surface area contributed by atoms with E-state index in [0.717, 1.165) is 30.8 Å². The van der Waals surface area contributed by atoms with Gasteiger partial charge in [-0.1, -0.05) is 33.6 Å². The van der Waals surface area contributed by atoms with Crippen molar-refractivity contribution in [2.45, 2.75) is 58.3 Å². The van der Waals surface area contributed by atoms with E-state index in [2.05, 4.69) is 31.0 Å². The monoisotopic (exact) mass is 350 g/mol. The van der Waals surface area contributed by atoms with Gasteiger partial charge < -0.3 is 15.0 Å². The van der Waals surface area contributed by atoms with E-state index in [1.165, 1.54) is 51.4 Å². The van der Waals surface area contributed by atoms with Gasteiger partial charge in [-0.3, -0.25) is 0 Å². The van der Waals surface area contributed by atoms with Crippen LogP contribution in [0.2, 0.25) is 0 Å². The van der Waals surface area contributed by atoms with Crippen molar-refractivity contribution in [3.05, 3.63) is 29.6 Å². The quantitative estimate of drug-likeness (QED) is 0.705. The van der Waals surface area contributed by atoms with Gasteiger partial charge in [0.1, 0.15) is 11.6 Å². The minimum absolute atomic E-state index is 0.112. The van der Waals surface area contributed by atoms with Gasteiger partial charge in [0.05, 0.1) is 6.61 Å². The third kappa shape index (κ3) is 7.33. The first-order chi connectivity index (χ1) is 12.0. The molecule has 0 bridgehead atoms. The highest BCUT2D eigenvalue weighted by molar-refractivity contribution is 5.38. The maximum absolute atomic E-state index is 13.5. The van der Waals surface area contributed by atoms with E-state index < -0.39 is 0 Å². The van der Waals surface area contributed by atoms with Crippen molar-refractivity contribution in [3.63, 3.8) is 0 Å². The Hall–Kier alpha value is -1.13. The molecule has 3 nitrogen and oxygen atoms in total. The molecule has 1 fully saturated rings. The van der Waals surface area contributed by atoms with Crippen LogP contribution in [0.3, 0.4) is 0 Å². The van der Waals surface area contributed by atoms with Gasteiger partial charge in [-0.25, -0.2) is 4.39 Å². The van der Waals surface area contributed by atoms with Crippen LogP contribution in [-0.4, -0.2) is 44.2 Å². The van der Waals surface area contributed by atoms with Crippen molar-refractivity contribution in [2.24, 2.45) is 0 Å². The number of halogens is 1. The summed E-state index contributed by atoms with van der Waals surface area (Å²) in [6.45, 7) is 12.9. The fraction of sp³-hybridized carbons (Fsp3) is 0.714. The summed E-state index contributed by atoms with van der Waals surface area (Å²) in [6, 6.07) is 4.86. The molecule has 1 aromatic rings. The van der Waals surface area contributed by atoms with Crippen LogP contribution in [0.25, 0.3) is 0 Å². The predicted octanol–water partition coefficient (Wildman–Crippen LogP) is 4.36. The first-order valence-corrected chi connectivity index (χ1v) is 9.83. The number of hydrogen-bond donors (Lipinski definition) is 1. The molecule has 0 atom stereocenters. The molecule has 142 valence electrons. The smallest absolute Gasteiger partial charge is 0.123 e. The van der Waals surface area contributed by atoms with Gasteiger partial charge in [0, 0.05) is 18.7 Å². The minimum atomic E-state index is -0.194. The second-order valence-electron chi connectivity index (χ2n) is 8.10. The molecule has 0 unspecified atom stereocenters. The third-order valence-electron chi connectivity index (χ3n) is 4.81. The Labute approximate surface area is 152 Å². The first kappa shape index (κ1) is 20.2. The molecule has 0 aliphatic carbocycles. The topological polar surface area (TPSA) is 24.5 Å². The van der Waals surface area contributed by atoms with Crippen LogP contribution in [0.4, 0.5) is 4.39 Å². The zero-order valence-electron chi connectivity index (χ0n) is 16.2. The molecule has 0 radical (unpaired) electrons. The van der Waals surface area contributed by atoms with Crippen molar-refractivity contribution in [2.75, 3.05) is 39.3 Å². The molecule has 1 aliphatic heterocycles. The lowest BCUT2D eigenvalue weighted by Crippen LogP contribution is -2.29. The average molecular weight is 351 g/mol. The Kier molecular flexibility index (Phi) is 8.17. The molecular weight excluding hydrogens is 315 g/mol. The van der Waals surface area contributed by atoms with Crippen LogP contribution in [0.5, 0.6) is 5.75 Å². The van der Waals surface area contributed by atoms with Crippen LogP contribution in [0.15, 0.2) is 18.2 Å². The number of benzene rings is 1. The van der Waals surface area contributed by atoms with Crippen LogP contribution < -0.4 is 10.1 Å². The molecule has 1 aliphatic rings. The van der Waals surface area contributed by atoms with Crippen molar-refractivity contribution < 1.29 is 9.13 Å². The van der Waals surface area contributed by atoms with Gasteiger partial charge in [0.15, 0.2) is 0 Å². The van der Waals surface area contributed by atoms with Crippen molar-refractivity contribution in [1.29, 1.82) is 0 Å². The number of nitrogens with zero attached hydrogens (tertiary/aromatic N) is 1. The molecule has 4 heteroatoms. The lowest BCUT2D eigenvalue weighted by atomic mass is 9.86. The van der Waals surface area contributed by atoms with Gasteiger partial charge in [-0.2, -0.15) is 0 Å². The Morgan fingerprint density at radius 1 is 1.08 bits per heavy atom. The van der Waals surface area contributed by atoms with Crippen LogP contribution >= 0.6 is 0 Å². The van der Waals surface area contributed by atoms with Crippen LogP contribution in [0.1, 0.15) is 58.4 Å². The highest BCUT2D eigenvalue weighted by atomic mass is 19.1. The fourth-order valence-electron chi connectivity index (χ4n) is 3.31. The molecule has 1 aromatic carbocycles. The largest absolute Gasteiger partial charge is 0.493 e. The summed E-state index contributed by atoms with van der Waals surface area (Å²) < 4.78 is 19.5. The summed E-state index contributed by atoms with van der Waals surface area (Å²) in [5, 5.41) is 3.45. The zero-order chi connectivity index (χ0) is 18.1. The normalized spacial score (nSPS) is 16.6. The van der Waals surface area contributed by atoms with E-state index in [0.29, 0.717) is 6.61 Å². The van der Waals surface area contributed by atoms with Crippen molar-refractivity contribution >= 4 is 0 Å². The van der Waals surface area contributed by atoms with E-state index in [-0.39, 0.29) is 11.2 Å². The average Bonchev–Trinajstić information content (AvgIpc) is 2.83.